The van der Waals surface area contributed by atoms with Crippen molar-refractivity contribution >= 4 is 6.08 Å². The Morgan fingerprint density at radius 3 is 2.67 bits per heavy atom. The second-order valence-electron chi connectivity index (χ2n) is 2.78. The number of benzene rings is 1. The molecule has 3 N–H and O–H groups in total. The predicted molar refractivity (Wildman–Crippen MR) is 52.3 cm³/mol. The van der Waals surface area contributed by atoms with Crippen LogP contribution in [0.25, 0.3) is 6.08 Å². The van der Waals surface area contributed by atoms with Gasteiger partial charge in [-0.3, -0.25) is 11.3 Å². The Morgan fingerprint density at radius 1 is 1.42 bits per heavy atom. The first kappa shape index (κ1) is 8.97. The highest BCUT2D eigenvalue weighted by Gasteiger charge is 1.87. The molecule has 1 rings (SSSR count). The Hall–Kier alpha value is -1.12. The fraction of sp³-hybridized carbons (Fsp3) is 0.200. The fourth-order valence-electron chi connectivity index (χ4n) is 1.05. The molecule has 0 aliphatic carbocycles. The first-order valence-electron chi connectivity index (χ1n) is 3.98. The average Bonchev–Trinajstić information content (AvgIpc) is 2.06. The summed E-state index contributed by atoms with van der Waals surface area (Å²) in [7, 11) is 0. The smallest absolute Gasteiger partial charge is 0.0308 e. The van der Waals surface area contributed by atoms with Crippen LogP contribution in [0.15, 0.2) is 35.9 Å². The van der Waals surface area contributed by atoms with Crippen molar-refractivity contribution < 1.29 is 0 Å². The van der Waals surface area contributed by atoms with Crippen molar-refractivity contribution in [1.29, 1.82) is 0 Å². The summed E-state index contributed by atoms with van der Waals surface area (Å²) in [6.45, 7) is 2.78. The number of hydrogen-bond acceptors (Lipinski definition) is 2. The normalized spacial score (nSPS) is 11.7. The van der Waals surface area contributed by atoms with Gasteiger partial charge in [-0.25, -0.2) is 0 Å². The lowest BCUT2D eigenvalue weighted by Crippen LogP contribution is -2.23. The van der Waals surface area contributed by atoms with Gasteiger partial charge in [0.15, 0.2) is 0 Å². The van der Waals surface area contributed by atoms with Gasteiger partial charge in [0.05, 0.1) is 0 Å². The van der Waals surface area contributed by atoms with Gasteiger partial charge in [-0.2, -0.15) is 0 Å². The quantitative estimate of drug-likeness (QED) is 0.523. The van der Waals surface area contributed by atoms with Crippen LogP contribution >= 0.6 is 0 Å². The van der Waals surface area contributed by atoms with E-state index in [-0.39, 0.29) is 0 Å². The van der Waals surface area contributed by atoms with E-state index in [1.54, 1.807) is 0 Å². The molecule has 0 saturated heterocycles. The van der Waals surface area contributed by atoms with Gasteiger partial charge in [0.2, 0.25) is 0 Å². The molecule has 0 aromatic heterocycles. The molecule has 0 radical (unpaired) electrons. The van der Waals surface area contributed by atoms with E-state index in [9.17, 15) is 0 Å². The summed E-state index contributed by atoms with van der Waals surface area (Å²) in [4.78, 5) is 0. The molecule has 0 fully saturated rings. The number of hydrazine groups is 1. The third-order valence-electron chi connectivity index (χ3n) is 1.59. The Labute approximate surface area is 73.1 Å². The largest absolute Gasteiger partial charge is 0.271 e. The van der Waals surface area contributed by atoms with Crippen molar-refractivity contribution in [2.24, 2.45) is 5.84 Å². The van der Waals surface area contributed by atoms with Crippen molar-refractivity contribution in [2.45, 2.75) is 6.92 Å². The predicted octanol–water partition coefficient (Wildman–Crippen LogP) is 1.55. The second-order valence-corrected chi connectivity index (χ2v) is 2.78. The average molecular weight is 162 g/mol. The van der Waals surface area contributed by atoms with Gasteiger partial charge in [-0.15, -0.1) is 0 Å². The molecule has 0 aliphatic rings. The van der Waals surface area contributed by atoms with Gasteiger partial charge < -0.3 is 0 Å². The van der Waals surface area contributed by atoms with E-state index in [2.05, 4.69) is 23.6 Å². The van der Waals surface area contributed by atoms with Crippen molar-refractivity contribution in [3.63, 3.8) is 0 Å². The molecule has 0 spiro atoms. The Kier molecular flexibility index (Phi) is 3.51. The zero-order valence-corrected chi connectivity index (χ0v) is 7.25. The van der Waals surface area contributed by atoms with E-state index in [1.807, 2.05) is 25.1 Å². The van der Waals surface area contributed by atoms with Crippen LogP contribution in [0.3, 0.4) is 0 Å². The molecule has 0 amide bonds. The number of nitrogens with two attached hydrogens (primary N) is 1. The molecular weight excluding hydrogens is 148 g/mol. The summed E-state index contributed by atoms with van der Waals surface area (Å²) in [6.07, 6.45) is 2.11. The van der Waals surface area contributed by atoms with Gasteiger partial charge in [0, 0.05) is 6.54 Å². The third-order valence-corrected chi connectivity index (χ3v) is 1.59. The van der Waals surface area contributed by atoms with Crippen LogP contribution in [0.5, 0.6) is 0 Å². The molecule has 0 heterocycles. The third kappa shape index (κ3) is 2.86. The van der Waals surface area contributed by atoms with Gasteiger partial charge in [0.1, 0.15) is 0 Å². The minimum Gasteiger partial charge on any atom is -0.271 e. The van der Waals surface area contributed by atoms with Crippen molar-refractivity contribution in [3.8, 4) is 0 Å². The number of rotatable bonds is 3. The lowest BCUT2D eigenvalue weighted by molar-refractivity contribution is 0.799. The molecule has 0 bridgehead atoms. The van der Waals surface area contributed by atoms with Crippen LogP contribution in [0.2, 0.25) is 0 Å². The van der Waals surface area contributed by atoms with E-state index < -0.39 is 0 Å². The van der Waals surface area contributed by atoms with Crippen molar-refractivity contribution in [2.75, 3.05) is 6.54 Å². The molecule has 2 nitrogen and oxygen atoms in total. The van der Waals surface area contributed by atoms with Crippen molar-refractivity contribution in [1.82, 2.24) is 5.43 Å². The van der Waals surface area contributed by atoms with Crippen LogP contribution in [0.4, 0.5) is 0 Å². The Balaban J connectivity index is 2.67. The van der Waals surface area contributed by atoms with Gasteiger partial charge in [0.25, 0.3) is 0 Å². The van der Waals surface area contributed by atoms with E-state index >= 15 is 0 Å². The highest BCUT2D eigenvalue weighted by molar-refractivity contribution is 5.52. The zero-order chi connectivity index (χ0) is 8.81. The second kappa shape index (κ2) is 4.70. The molecule has 1 aromatic rings. The van der Waals surface area contributed by atoms with Gasteiger partial charge in [-0.1, -0.05) is 42.0 Å². The molecule has 12 heavy (non-hydrogen) atoms. The molecule has 0 unspecified atom stereocenters. The highest BCUT2D eigenvalue weighted by atomic mass is 15.2. The molecule has 0 aliphatic heterocycles. The standard InChI is InChI=1S/C10H14N2/c1-9(8-12-11)7-10-5-3-2-4-6-10/h2-7,12H,8,11H2,1H3. The van der Waals surface area contributed by atoms with Crippen LogP contribution in [0.1, 0.15) is 12.5 Å². The summed E-state index contributed by atoms with van der Waals surface area (Å²) in [6, 6.07) is 10.2. The fourth-order valence-corrected chi connectivity index (χ4v) is 1.05. The van der Waals surface area contributed by atoms with Gasteiger partial charge >= 0.3 is 0 Å². The molecular formula is C10H14N2. The maximum absolute atomic E-state index is 5.19. The topological polar surface area (TPSA) is 38.0 Å². The highest BCUT2D eigenvalue weighted by Crippen LogP contribution is 2.04. The number of hydrogen-bond donors (Lipinski definition) is 2. The van der Waals surface area contributed by atoms with E-state index in [0.29, 0.717) is 0 Å². The Bertz CT molecular complexity index is 252. The molecule has 0 atom stereocenters. The summed E-state index contributed by atoms with van der Waals surface area (Å²) >= 11 is 0. The maximum Gasteiger partial charge on any atom is 0.0308 e. The molecule has 2 heteroatoms. The molecule has 64 valence electrons. The summed E-state index contributed by atoms with van der Waals surface area (Å²) in [5, 5.41) is 0. The van der Waals surface area contributed by atoms with Crippen LogP contribution < -0.4 is 11.3 Å². The molecule has 1 aromatic carbocycles. The van der Waals surface area contributed by atoms with E-state index in [4.69, 9.17) is 5.84 Å². The monoisotopic (exact) mass is 162 g/mol. The van der Waals surface area contributed by atoms with Crippen LogP contribution in [-0.2, 0) is 0 Å². The summed E-state index contributed by atoms with van der Waals surface area (Å²) in [5.74, 6) is 5.19. The van der Waals surface area contributed by atoms with Gasteiger partial charge in [-0.05, 0) is 12.5 Å². The summed E-state index contributed by atoms with van der Waals surface area (Å²) < 4.78 is 0. The summed E-state index contributed by atoms with van der Waals surface area (Å²) in [5.41, 5.74) is 5.06. The Morgan fingerprint density at radius 2 is 2.08 bits per heavy atom. The lowest BCUT2D eigenvalue weighted by Gasteiger charge is -1.98. The SMILES string of the molecule is CC(=Cc1ccccc1)CNN. The number of nitrogens with one attached hydrogen (secondary N) is 1. The van der Waals surface area contributed by atoms with E-state index in [0.717, 1.165) is 6.54 Å². The van der Waals surface area contributed by atoms with E-state index in [1.165, 1.54) is 11.1 Å². The first-order valence-corrected chi connectivity index (χ1v) is 3.98. The van der Waals surface area contributed by atoms with Crippen LogP contribution in [0, 0.1) is 0 Å². The lowest BCUT2D eigenvalue weighted by atomic mass is 10.1. The minimum absolute atomic E-state index is 0.731. The maximum atomic E-state index is 5.19. The molecule has 0 saturated carbocycles. The van der Waals surface area contributed by atoms with Crippen molar-refractivity contribution in [3.05, 3.63) is 41.5 Å². The minimum atomic E-state index is 0.731. The zero-order valence-electron chi connectivity index (χ0n) is 7.25. The first-order chi connectivity index (χ1) is 5.83. The van der Waals surface area contributed by atoms with Crippen LogP contribution in [-0.4, -0.2) is 6.54 Å².